The number of fused-ring (bicyclic) bond motifs is 2. The minimum atomic E-state index is 0.335. The predicted octanol–water partition coefficient (Wildman–Crippen LogP) is 3.50. The molecule has 0 saturated heterocycles. The van der Waals surface area contributed by atoms with Crippen LogP contribution in [0.25, 0.3) is 0 Å². The lowest BCUT2D eigenvalue weighted by atomic mass is 10.0. The summed E-state index contributed by atoms with van der Waals surface area (Å²) < 4.78 is 10.8. The van der Waals surface area contributed by atoms with Crippen molar-refractivity contribution in [3.63, 3.8) is 0 Å². The fourth-order valence-corrected chi connectivity index (χ4v) is 3.23. The van der Waals surface area contributed by atoms with E-state index in [1.54, 1.807) is 0 Å². The average molecular weight is 281 g/mol. The summed E-state index contributed by atoms with van der Waals surface area (Å²) in [5.41, 5.74) is 5.53. The standard InChI is InChI=1S/C18H19NO2/c1-12-2-4-14-5-6-16(15(14)8-12)19-10-13-3-7-17-18(9-13)21-11-20-17/h2-4,7-9,16,19H,5-6,10-11H2,1H3. The van der Waals surface area contributed by atoms with E-state index in [0.717, 1.165) is 18.0 Å². The van der Waals surface area contributed by atoms with Crippen molar-refractivity contribution in [2.75, 3.05) is 6.79 Å². The van der Waals surface area contributed by atoms with Gasteiger partial charge >= 0.3 is 0 Å². The van der Waals surface area contributed by atoms with Gasteiger partial charge in [0.1, 0.15) is 0 Å². The lowest BCUT2D eigenvalue weighted by Crippen LogP contribution is -2.18. The largest absolute Gasteiger partial charge is 0.454 e. The molecule has 2 aromatic rings. The number of nitrogens with one attached hydrogen (secondary N) is 1. The molecule has 108 valence electrons. The Kier molecular flexibility index (Phi) is 3.08. The van der Waals surface area contributed by atoms with E-state index in [9.17, 15) is 0 Å². The summed E-state index contributed by atoms with van der Waals surface area (Å²) in [4.78, 5) is 0. The van der Waals surface area contributed by atoms with E-state index >= 15 is 0 Å². The molecule has 0 amide bonds. The Morgan fingerprint density at radius 2 is 2.00 bits per heavy atom. The van der Waals surface area contributed by atoms with Gasteiger partial charge in [0.05, 0.1) is 0 Å². The van der Waals surface area contributed by atoms with E-state index in [2.05, 4.69) is 42.6 Å². The molecule has 0 aromatic heterocycles. The third kappa shape index (κ3) is 2.38. The van der Waals surface area contributed by atoms with Crippen molar-refractivity contribution in [1.82, 2.24) is 5.32 Å². The number of hydrogen-bond donors (Lipinski definition) is 1. The first-order chi connectivity index (χ1) is 10.3. The second kappa shape index (κ2) is 5.08. The van der Waals surface area contributed by atoms with Crippen LogP contribution < -0.4 is 14.8 Å². The Morgan fingerprint density at radius 1 is 1.10 bits per heavy atom. The van der Waals surface area contributed by atoms with Crippen molar-refractivity contribution in [3.8, 4) is 11.5 Å². The van der Waals surface area contributed by atoms with Crippen LogP contribution in [0.3, 0.4) is 0 Å². The molecule has 1 aliphatic carbocycles. The monoisotopic (exact) mass is 281 g/mol. The molecule has 1 atom stereocenters. The van der Waals surface area contributed by atoms with Gasteiger partial charge in [-0.05, 0) is 48.6 Å². The topological polar surface area (TPSA) is 30.5 Å². The molecule has 0 spiro atoms. The second-order valence-corrected chi connectivity index (χ2v) is 5.86. The first-order valence-corrected chi connectivity index (χ1v) is 7.51. The fraction of sp³-hybridized carbons (Fsp3) is 0.333. The Balaban J connectivity index is 1.48. The molecule has 0 bridgehead atoms. The summed E-state index contributed by atoms with van der Waals surface area (Å²) in [6.07, 6.45) is 2.36. The average Bonchev–Trinajstić information content (AvgIpc) is 3.10. The van der Waals surface area contributed by atoms with Crippen molar-refractivity contribution in [3.05, 3.63) is 58.7 Å². The number of benzene rings is 2. The molecular formula is C18H19NO2. The molecule has 3 nitrogen and oxygen atoms in total. The van der Waals surface area contributed by atoms with Crippen LogP contribution in [-0.4, -0.2) is 6.79 Å². The molecule has 1 heterocycles. The van der Waals surface area contributed by atoms with E-state index in [4.69, 9.17) is 9.47 Å². The van der Waals surface area contributed by atoms with Crippen molar-refractivity contribution in [2.45, 2.75) is 32.4 Å². The molecule has 4 rings (SSSR count). The van der Waals surface area contributed by atoms with Crippen LogP contribution in [0.15, 0.2) is 36.4 Å². The quantitative estimate of drug-likeness (QED) is 0.934. The smallest absolute Gasteiger partial charge is 0.231 e. The SMILES string of the molecule is Cc1ccc2c(c1)C(NCc1ccc3c(c1)OCO3)CC2. The summed E-state index contributed by atoms with van der Waals surface area (Å²) in [7, 11) is 0. The maximum Gasteiger partial charge on any atom is 0.231 e. The first-order valence-electron chi connectivity index (χ1n) is 7.51. The minimum absolute atomic E-state index is 0.335. The third-order valence-corrected chi connectivity index (χ3v) is 4.37. The highest BCUT2D eigenvalue weighted by molar-refractivity contribution is 5.44. The molecular weight excluding hydrogens is 262 g/mol. The first kappa shape index (κ1) is 12.7. The van der Waals surface area contributed by atoms with Crippen LogP contribution in [0.1, 0.15) is 34.7 Å². The number of rotatable bonds is 3. The van der Waals surface area contributed by atoms with Crippen LogP contribution in [0.4, 0.5) is 0 Å². The summed E-state index contributed by atoms with van der Waals surface area (Å²) in [6, 6.07) is 13.4. The predicted molar refractivity (Wildman–Crippen MR) is 81.6 cm³/mol. The molecule has 0 radical (unpaired) electrons. The Labute approximate surface area is 124 Å². The van der Waals surface area contributed by atoms with Gasteiger partial charge in [-0.1, -0.05) is 29.8 Å². The van der Waals surface area contributed by atoms with Gasteiger partial charge in [0, 0.05) is 12.6 Å². The Bertz CT molecular complexity index is 681. The van der Waals surface area contributed by atoms with Crippen molar-refractivity contribution < 1.29 is 9.47 Å². The van der Waals surface area contributed by atoms with E-state index in [-0.39, 0.29) is 0 Å². The zero-order chi connectivity index (χ0) is 14.2. The van der Waals surface area contributed by atoms with E-state index < -0.39 is 0 Å². The molecule has 0 saturated carbocycles. The van der Waals surface area contributed by atoms with Gasteiger partial charge in [-0.25, -0.2) is 0 Å². The summed E-state index contributed by atoms with van der Waals surface area (Å²) >= 11 is 0. The molecule has 21 heavy (non-hydrogen) atoms. The van der Waals surface area contributed by atoms with Gasteiger partial charge in [0.15, 0.2) is 11.5 Å². The Hall–Kier alpha value is -2.00. The number of hydrogen-bond acceptors (Lipinski definition) is 3. The van der Waals surface area contributed by atoms with Crippen LogP contribution in [0.5, 0.6) is 11.5 Å². The lowest BCUT2D eigenvalue weighted by Gasteiger charge is -2.15. The molecule has 2 aliphatic rings. The summed E-state index contributed by atoms with van der Waals surface area (Å²) in [5.74, 6) is 1.71. The van der Waals surface area contributed by atoms with Crippen LogP contribution in [-0.2, 0) is 13.0 Å². The summed E-state index contributed by atoms with van der Waals surface area (Å²) in [6.45, 7) is 3.35. The highest BCUT2D eigenvalue weighted by atomic mass is 16.7. The van der Waals surface area contributed by atoms with Crippen molar-refractivity contribution >= 4 is 0 Å². The van der Waals surface area contributed by atoms with Gasteiger partial charge in [0.2, 0.25) is 6.79 Å². The zero-order valence-electron chi connectivity index (χ0n) is 12.2. The fourth-order valence-electron chi connectivity index (χ4n) is 3.23. The van der Waals surface area contributed by atoms with Gasteiger partial charge in [-0.2, -0.15) is 0 Å². The molecule has 3 heteroatoms. The third-order valence-electron chi connectivity index (χ3n) is 4.37. The number of aryl methyl sites for hydroxylation is 2. The van der Waals surface area contributed by atoms with Crippen molar-refractivity contribution in [2.24, 2.45) is 0 Å². The lowest BCUT2D eigenvalue weighted by molar-refractivity contribution is 0.174. The van der Waals surface area contributed by atoms with Gasteiger partial charge in [0.25, 0.3) is 0 Å². The maximum absolute atomic E-state index is 5.43. The molecule has 2 aromatic carbocycles. The van der Waals surface area contributed by atoms with Gasteiger partial charge < -0.3 is 14.8 Å². The second-order valence-electron chi connectivity index (χ2n) is 5.86. The molecule has 1 N–H and O–H groups in total. The molecule has 1 unspecified atom stereocenters. The number of ether oxygens (including phenoxy) is 2. The van der Waals surface area contributed by atoms with Crippen LogP contribution >= 0.6 is 0 Å². The van der Waals surface area contributed by atoms with Crippen molar-refractivity contribution in [1.29, 1.82) is 0 Å². The van der Waals surface area contributed by atoms with E-state index in [1.807, 2.05) is 6.07 Å². The highest BCUT2D eigenvalue weighted by Crippen LogP contribution is 2.34. The summed E-state index contributed by atoms with van der Waals surface area (Å²) in [5, 5.41) is 3.68. The molecule has 0 fully saturated rings. The van der Waals surface area contributed by atoms with Gasteiger partial charge in [-0.15, -0.1) is 0 Å². The maximum atomic E-state index is 5.43. The van der Waals surface area contributed by atoms with Gasteiger partial charge in [-0.3, -0.25) is 0 Å². The Morgan fingerprint density at radius 3 is 2.95 bits per heavy atom. The van der Waals surface area contributed by atoms with E-state index in [1.165, 1.54) is 35.1 Å². The van der Waals surface area contributed by atoms with E-state index in [0.29, 0.717) is 12.8 Å². The molecule has 1 aliphatic heterocycles. The normalized spacial score (nSPS) is 18.8. The van der Waals surface area contributed by atoms with Crippen LogP contribution in [0, 0.1) is 6.92 Å². The highest BCUT2D eigenvalue weighted by Gasteiger charge is 2.22. The minimum Gasteiger partial charge on any atom is -0.454 e. The van der Waals surface area contributed by atoms with Crippen LogP contribution in [0.2, 0.25) is 0 Å². The zero-order valence-corrected chi connectivity index (χ0v) is 12.2.